The smallest absolute Gasteiger partial charge is 0.315 e. The summed E-state index contributed by atoms with van der Waals surface area (Å²) in [6.07, 6.45) is 3.38. The van der Waals surface area contributed by atoms with E-state index in [1.807, 2.05) is 60.7 Å². The highest BCUT2D eigenvalue weighted by atomic mass is 16.5. The summed E-state index contributed by atoms with van der Waals surface area (Å²) in [6.45, 7) is 1.19. The topological polar surface area (TPSA) is 98.1 Å². The average Bonchev–Trinajstić information content (AvgIpc) is 2.84. The monoisotopic (exact) mass is 429 g/mol. The molecule has 2 aromatic heterocycles. The summed E-state index contributed by atoms with van der Waals surface area (Å²) in [6, 6.07) is 20.0. The number of nitrogens with one attached hydrogen (secondary N) is 2. The summed E-state index contributed by atoms with van der Waals surface area (Å²) < 4.78 is 6.97. The lowest BCUT2D eigenvalue weighted by atomic mass is 10.1. The van der Waals surface area contributed by atoms with Crippen molar-refractivity contribution >= 4 is 16.8 Å². The van der Waals surface area contributed by atoms with E-state index in [9.17, 15) is 9.59 Å². The summed E-state index contributed by atoms with van der Waals surface area (Å²) in [7, 11) is 0. The van der Waals surface area contributed by atoms with E-state index in [1.54, 1.807) is 18.5 Å². The number of urea groups is 1. The van der Waals surface area contributed by atoms with Crippen molar-refractivity contribution in [3.63, 3.8) is 0 Å². The van der Waals surface area contributed by atoms with Crippen LogP contribution in [0.2, 0.25) is 0 Å². The SMILES string of the molecule is O=C(NCCOc1ccccc1)NCc1nn(Cc2cccnc2)c(=O)c2ccccc12. The molecule has 4 rings (SSSR count). The first-order chi connectivity index (χ1) is 15.7. The van der Waals surface area contributed by atoms with Crippen molar-refractivity contribution < 1.29 is 9.53 Å². The minimum Gasteiger partial charge on any atom is -0.492 e. The van der Waals surface area contributed by atoms with Gasteiger partial charge in [-0.2, -0.15) is 5.10 Å². The van der Waals surface area contributed by atoms with Gasteiger partial charge in [-0.25, -0.2) is 9.48 Å². The van der Waals surface area contributed by atoms with Crippen molar-refractivity contribution in [2.24, 2.45) is 0 Å². The number of carbonyl (C=O) groups is 1. The molecule has 0 aliphatic heterocycles. The standard InChI is InChI=1S/C24H23N5O3/c30-23-21-11-5-4-10-20(21)22(28-29(23)17-18-7-6-12-25-15-18)16-27-24(31)26-13-14-32-19-8-2-1-3-9-19/h1-12,15H,13-14,16-17H2,(H2,26,27,31). The number of ether oxygens (including phenoxy) is 1. The molecule has 8 nitrogen and oxygen atoms in total. The average molecular weight is 429 g/mol. The highest BCUT2D eigenvalue weighted by Gasteiger charge is 2.12. The van der Waals surface area contributed by atoms with Crippen LogP contribution in [0.3, 0.4) is 0 Å². The molecule has 0 saturated carbocycles. The van der Waals surface area contributed by atoms with Gasteiger partial charge in [0.05, 0.1) is 30.7 Å². The molecule has 0 aliphatic rings. The quantitative estimate of drug-likeness (QED) is 0.420. The lowest BCUT2D eigenvalue weighted by molar-refractivity contribution is 0.236. The van der Waals surface area contributed by atoms with Crippen LogP contribution in [0.25, 0.3) is 10.8 Å². The summed E-state index contributed by atoms with van der Waals surface area (Å²) in [4.78, 5) is 29.2. The predicted molar refractivity (Wildman–Crippen MR) is 122 cm³/mol. The molecule has 32 heavy (non-hydrogen) atoms. The largest absolute Gasteiger partial charge is 0.492 e. The molecule has 0 radical (unpaired) electrons. The van der Waals surface area contributed by atoms with Crippen molar-refractivity contribution in [3.05, 3.63) is 101 Å². The molecule has 162 valence electrons. The van der Waals surface area contributed by atoms with Gasteiger partial charge in [-0.1, -0.05) is 42.5 Å². The zero-order valence-corrected chi connectivity index (χ0v) is 17.4. The zero-order valence-electron chi connectivity index (χ0n) is 17.4. The van der Waals surface area contributed by atoms with Gasteiger partial charge in [-0.05, 0) is 29.8 Å². The first-order valence-corrected chi connectivity index (χ1v) is 10.3. The Balaban J connectivity index is 1.41. The molecule has 0 saturated heterocycles. The van der Waals surface area contributed by atoms with Crippen LogP contribution in [0, 0.1) is 0 Å². The van der Waals surface area contributed by atoms with Crippen LogP contribution in [0.1, 0.15) is 11.3 Å². The molecule has 2 N–H and O–H groups in total. The number of nitrogens with zero attached hydrogens (tertiary/aromatic N) is 3. The van der Waals surface area contributed by atoms with Crippen LogP contribution in [0.4, 0.5) is 4.79 Å². The zero-order chi connectivity index (χ0) is 22.2. The minimum atomic E-state index is -0.336. The van der Waals surface area contributed by atoms with Crippen molar-refractivity contribution in [2.75, 3.05) is 13.2 Å². The molecule has 0 bridgehead atoms. The van der Waals surface area contributed by atoms with E-state index >= 15 is 0 Å². The van der Waals surface area contributed by atoms with Gasteiger partial charge in [0.1, 0.15) is 12.4 Å². The molecule has 0 spiro atoms. The van der Waals surface area contributed by atoms with Crippen LogP contribution in [0.15, 0.2) is 83.9 Å². The second-order valence-electron chi connectivity index (χ2n) is 7.09. The van der Waals surface area contributed by atoms with E-state index in [-0.39, 0.29) is 18.1 Å². The third kappa shape index (κ3) is 5.28. The van der Waals surface area contributed by atoms with E-state index in [2.05, 4.69) is 20.7 Å². The number of hydrogen-bond acceptors (Lipinski definition) is 5. The number of amides is 2. The fourth-order valence-corrected chi connectivity index (χ4v) is 3.28. The van der Waals surface area contributed by atoms with Gasteiger partial charge in [0.15, 0.2) is 0 Å². The summed E-state index contributed by atoms with van der Waals surface area (Å²) in [5.41, 5.74) is 1.29. The lowest BCUT2D eigenvalue weighted by Gasteiger charge is -2.12. The Bertz CT molecular complexity index is 1240. The fraction of sp³-hybridized carbons (Fsp3) is 0.167. The Labute approximate surface area is 184 Å². The summed E-state index contributed by atoms with van der Waals surface area (Å²) in [5, 5.41) is 11.3. The molecular weight excluding hydrogens is 406 g/mol. The Kier molecular flexibility index (Phi) is 6.72. The number of carbonyl (C=O) groups excluding carboxylic acids is 1. The van der Waals surface area contributed by atoms with Gasteiger partial charge in [-0.3, -0.25) is 9.78 Å². The van der Waals surface area contributed by atoms with Crippen LogP contribution in [-0.4, -0.2) is 33.9 Å². The number of benzene rings is 2. The number of aromatic nitrogens is 3. The van der Waals surface area contributed by atoms with Gasteiger partial charge in [0, 0.05) is 17.8 Å². The van der Waals surface area contributed by atoms with Crippen LogP contribution in [0.5, 0.6) is 5.75 Å². The molecule has 0 aliphatic carbocycles. The van der Waals surface area contributed by atoms with Crippen molar-refractivity contribution in [1.29, 1.82) is 0 Å². The third-order valence-electron chi connectivity index (χ3n) is 4.82. The van der Waals surface area contributed by atoms with Gasteiger partial charge in [0.25, 0.3) is 5.56 Å². The Morgan fingerprint density at radius 1 is 0.938 bits per heavy atom. The van der Waals surface area contributed by atoms with E-state index in [1.165, 1.54) is 4.68 Å². The highest BCUT2D eigenvalue weighted by molar-refractivity contribution is 5.84. The van der Waals surface area contributed by atoms with E-state index in [0.29, 0.717) is 36.2 Å². The number of pyridine rings is 1. The number of fused-ring (bicyclic) bond motifs is 1. The number of rotatable bonds is 8. The Hall–Kier alpha value is -4.20. The molecule has 2 amide bonds. The van der Waals surface area contributed by atoms with Crippen molar-refractivity contribution in [3.8, 4) is 5.75 Å². The van der Waals surface area contributed by atoms with E-state index in [4.69, 9.17) is 4.74 Å². The van der Waals surface area contributed by atoms with Crippen LogP contribution < -0.4 is 20.9 Å². The molecule has 2 heterocycles. The second kappa shape index (κ2) is 10.2. The normalized spacial score (nSPS) is 10.6. The molecule has 2 aromatic carbocycles. The third-order valence-corrected chi connectivity index (χ3v) is 4.82. The molecule has 0 unspecified atom stereocenters. The first-order valence-electron chi connectivity index (χ1n) is 10.3. The second-order valence-corrected chi connectivity index (χ2v) is 7.09. The number of hydrogen-bond donors (Lipinski definition) is 2. The van der Waals surface area contributed by atoms with Crippen molar-refractivity contribution in [1.82, 2.24) is 25.4 Å². The van der Waals surface area contributed by atoms with Gasteiger partial charge in [-0.15, -0.1) is 0 Å². The molecule has 4 aromatic rings. The lowest BCUT2D eigenvalue weighted by Crippen LogP contribution is -2.38. The highest BCUT2D eigenvalue weighted by Crippen LogP contribution is 2.13. The van der Waals surface area contributed by atoms with Gasteiger partial charge >= 0.3 is 6.03 Å². The number of para-hydroxylation sites is 1. The first kappa shape index (κ1) is 21.0. The Morgan fingerprint density at radius 3 is 2.50 bits per heavy atom. The summed E-state index contributed by atoms with van der Waals surface area (Å²) >= 11 is 0. The van der Waals surface area contributed by atoms with Gasteiger partial charge in [0.2, 0.25) is 0 Å². The van der Waals surface area contributed by atoms with E-state index < -0.39 is 0 Å². The van der Waals surface area contributed by atoms with Crippen LogP contribution >= 0.6 is 0 Å². The Morgan fingerprint density at radius 2 is 1.72 bits per heavy atom. The minimum absolute atomic E-state index is 0.180. The maximum absolute atomic E-state index is 12.9. The molecular formula is C24H23N5O3. The molecule has 0 atom stereocenters. The predicted octanol–water partition coefficient (Wildman–Crippen LogP) is 2.72. The molecule has 8 heteroatoms. The van der Waals surface area contributed by atoms with Gasteiger partial charge < -0.3 is 15.4 Å². The molecule has 0 fully saturated rings. The van der Waals surface area contributed by atoms with Crippen LogP contribution in [-0.2, 0) is 13.1 Å². The van der Waals surface area contributed by atoms with Crippen molar-refractivity contribution in [2.45, 2.75) is 13.1 Å². The maximum Gasteiger partial charge on any atom is 0.315 e. The summed E-state index contributed by atoms with van der Waals surface area (Å²) in [5.74, 6) is 0.751. The van der Waals surface area contributed by atoms with E-state index in [0.717, 1.165) is 11.3 Å². The fourth-order valence-electron chi connectivity index (χ4n) is 3.28. The maximum atomic E-state index is 12.9.